The molecular weight excluding hydrogens is 484 g/mol. The highest BCUT2D eigenvalue weighted by atomic mass is 35.5. The number of aromatic nitrogens is 2. The van der Waals surface area contributed by atoms with E-state index in [2.05, 4.69) is 24.0 Å². The van der Waals surface area contributed by atoms with E-state index < -0.39 is 0 Å². The Bertz CT molecular complexity index is 1390. The van der Waals surface area contributed by atoms with Gasteiger partial charge in [0.1, 0.15) is 12.4 Å². The molecule has 1 fully saturated rings. The van der Waals surface area contributed by atoms with Crippen molar-refractivity contribution in [1.29, 1.82) is 0 Å². The monoisotopic (exact) mass is 514 g/mol. The molecule has 3 aromatic carbocycles. The van der Waals surface area contributed by atoms with Gasteiger partial charge in [0, 0.05) is 42.0 Å². The molecule has 0 aliphatic carbocycles. The number of aryl methyl sites for hydroxylation is 2. The molecule has 0 spiro atoms. The topological polar surface area (TPSA) is 50.6 Å². The van der Waals surface area contributed by atoms with Crippen molar-refractivity contribution in [2.24, 2.45) is 0 Å². The molecule has 0 atom stereocenters. The number of hydrogen-bond acceptors (Lipinski definition) is 4. The summed E-state index contributed by atoms with van der Waals surface area (Å²) >= 11 is 6.32. The second-order valence-corrected chi connectivity index (χ2v) is 9.95. The van der Waals surface area contributed by atoms with Gasteiger partial charge in [-0.05, 0) is 48.7 Å². The van der Waals surface area contributed by atoms with E-state index >= 15 is 0 Å². The number of ether oxygens (including phenoxy) is 1. The number of carbonyl (C=O) groups excluding carboxylic acids is 1. The van der Waals surface area contributed by atoms with E-state index in [1.54, 1.807) is 4.90 Å². The molecule has 1 saturated heterocycles. The fourth-order valence-corrected chi connectivity index (χ4v) is 4.82. The molecule has 5 rings (SSSR count). The Morgan fingerprint density at radius 2 is 1.68 bits per heavy atom. The number of anilines is 1. The Morgan fingerprint density at radius 3 is 2.46 bits per heavy atom. The van der Waals surface area contributed by atoms with E-state index in [-0.39, 0.29) is 5.91 Å². The van der Waals surface area contributed by atoms with E-state index in [0.717, 1.165) is 35.7 Å². The predicted molar refractivity (Wildman–Crippen MR) is 147 cm³/mol. The number of benzene rings is 3. The molecule has 1 aliphatic rings. The summed E-state index contributed by atoms with van der Waals surface area (Å²) in [4.78, 5) is 17.1. The molecular formula is C30H31ClN4O2. The van der Waals surface area contributed by atoms with Crippen LogP contribution in [-0.2, 0) is 24.5 Å². The van der Waals surface area contributed by atoms with Crippen LogP contribution in [0.4, 0.5) is 5.82 Å². The maximum atomic E-state index is 13.1. The van der Waals surface area contributed by atoms with Gasteiger partial charge in [0.15, 0.2) is 5.82 Å². The summed E-state index contributed by atoms with van der Waals surface area (Å²) in [6.07, 6.45) is 0. The lowest BCUT2D eigenvalue weighted by Crippen LogP contribution is -2.50. The third-order valence-corrected chi connectivity index (χ3v) is 7.01. The van der Waals surface area contributed by atoms with Gasteiger partial charge in [0.25, 0.3) is 0 Å². The van der Waals surface area contributed by atoms with Crippen LogP contribution in [0.15, 0.2) is 78.9 Å². The SMILES string of the molecule is Cc1ccccc1CN1CCN(c2cc(C)n(Cc3cc(Cl)ccc3OCc3ccccc3)n2)C(=O)C1. The highest BCUT2D eigenvalue weighted by molar-refractivity contribution is 6.30. The van der Waals surface area contributed by atoms with Crippen molar-refractivity contribution in [3.05, 3.63) is 112 Å². The zero-order valence-corrected chi connectivity index (χ0v) is 22.0. The van der Waals surface area contributed by atoms with Crippen molar-refractivity contribution in [2.75, 3.05) is 24.5 Å². The third-order valence-electron chi connectivity index (χ3n) is 6.78. The molecule has 37 heavy (non-hydrogen) atoms. The van der Waals surface area contributed by atoms with Crippen molar-refractivity contribution >= 4 is 23.3 Å². The van der Waals surface area contributed by atoms with Gasteiger partial charge in [-0.25, -0.2) is 0 Å². The molecule has 6 nitrogen and oxygen atoms in total. The molecule has 0 N–H and O–H groups in total. The van der Waals surface area contributed by atoms with Gasteiger partial charge >= 0.3 is 0 Å². The lowest BCUT2D eigenvalue weighted by Gasteiger charge is -2.33. The van der Waals surface area contributed by atoms with Gasteiger partial charge < -0.3 is 4.74 Å². The van der Waals surface area contributed by atoms with Crippen molar-refractivity contribution in [2.45, 2.75) is 33.5 Å². The molecule has 0 bridgehead atoms. The van der Waals surface area contributed by atoms with E-state index in [4.69, 9.17) is 21.4 Å². The van der Waals surface area contributed by atoms with E-state index in [1.807, 2.05) is 78.3 Å². The Kier molecular flexibility index (Phi) is 7.58. The minimum atomic E-state index is 0.0686. The third kappa shape index (κ3) is 6.04. The van der Waals surface area contributed by atoms with Crippen molar-refractivity contribution in [3.8, 4) is 5.75 Å². The molecule has 1 aromatic heterocycles. The smallest absolute Gasteiger partial charge is 0.242 e. The molecule has 2 heterocycles. The molecule has 0 unspecified atom stereocenters. The molecule has 190 valence electrons. The van der Waals surface area contributed by atoms with Gasteiger partial charge in [-0.1, -0.05) is 66.2 Å². The number of halogens is 1. The highest BCUT2D eigenvalue weighted by Gasteiger charge is 2.27. The lowest BCUT2D eigenvalue weighted by molar-refractivity contribution is -0.121. The van der Waals surface area contributed by atoms with Crippen LogP contribution in [0.25, 0.3) is 0 Å². The molecule has 1 aliphatic heterocycles. The lowest BCUT2D eigenvalue weighted by atomic mass is 10.1. The van der Waals surface area contributed by atoms with Crippen LogP contribution < -0.4 is 9.64 Å². The number of carbonyl (C=O) groups is 1. The van der Waals surface area contributed by atoms with Crippen LogP contribution in [0.5, 0.6) is 5.75 Å². The zero-order chi connectivity index (χ0) is 25.8. The standard InChI is InChI=1S/C30H31ClN4O2/c1-22-8-6-7-11-25(22)18-33-14-15-34(30(36)20-33)29-16-23(2)35(32-29)19-26-17-27(31)12-13-28(26)37-21-24-9-4-3-5-10-24/h3-13,16-17H,14-15,18-21H2,1-2H3. The highest BCUT2D eigenvalue weighted by Crippen LogP contribution is 2.26. The number of rotatable bonds is 8. The fraction of sp³-hybridized carbons (Fsp3) is 0.267. The summed E-state index contributed by atoms with van der Waals surface area (Å²) in [6.45, 7) is 7.66. The second-order valence-electron chi connectivity index (χ2n) is 9.51. The first-order chi connectivity index (χ1) is 18.0. The van der Waals surface area contributed by atoms with E-state index in [1.165, 1.54) is 11.1 Å². The maximum Gasteiger partial charge on any atom is 0.242 e. The zero-order valence-electron chi connectivity index (χ0n) is 21.2. The minimum absolute atomic E-state index is 0.0686. The van der Waals surface area contributed by atoms with Crippen molar-refractivity contribution in [1.82, 2.24) is 14.7 Å². The number of piperazine rings is 1. The van der Waals surface area contributed by atoms with Crippen LogP contribution in [0.2, 0.25) is 5.02 Å². The first-order valence-electron chi connectivity index (χ1n) is 12.5. The largest absolute Gasteiger partial charge is 0.489 e. The van der Waals surface area contributed by atoms with Crippen LogP contribution in [0.1, 0.15) is 27.9 Å². The van der Waals surface area contributed by atoms with Crippen molar-refractivity contribution < 1.29 is 9.53 Å². The van der Waals surface area contributed by atoms with Crippen LogP contribution in [0, 0.1) is 13.8 Å². The quantitative estimate of drug-likeness (QED) is 0.306. The summed E-state index contributed by atoms with van der Waals surface area (Å²) in [5.41, 5.74) is 5.52. The first kappa shape index (κ1) is 25.1. The summed E-state index contributed by atoms with van der Waals surface area (Å²) in [6, 6.07) is 26.0. The van der Waals surface area contributed by atoms with Crippen LogP contribution >= 0.6 is 11.6 Å². The van der Waals surface area contributed by atoms with Gasteiger partial charge in [0.2, 0.25) is 5.91 Å². The Balaban J connectivity index is 1.27. The number of hydrogen-bond donors (Lipinski definition) is 0. The van der Waals surface area contributed by atoms with Crippen LogP contribution in [0.3, 0.4) is 0 Å². The van der Waals surface area contributed by atoms with Gasteiger partial charge in [-0.15, -0.1) is 0 Å². The summed E-state index contributed by atoms with van der Waals surface area (Å²) < 4.78 is 8.04. The average molecular weight is 515 g/mol. The van der Waals surface area contributed by atoms with Gasteiger partial charge in [-0.2, -0.15) is 5.10 Å². The van der Waals surface area contributed by atoms with Crippen molar-refractivity contribution in [3.63, 3.8) is 0 Å². The summed E-state index contributed by atoms with van der Waals surface area (Å²) in [7, 11) is 0. The molecule has 7 heteroatoms. The van der Waals surface area contributed by atoms with E-state index in [9.17, 15) is 4.79 Å². The molecule has 0 radical (unpaired) electrons. The number of amides is 1. The van der Waals surface area contributed by atoms with Crippen LogP contribution in [-0.4, -0.2) is 40.2 Å². The average Bonchev–Trinajstić information content (AvgIpc) is 3.25. The minimum Gasteiger partial charge on any atom is -0.489 e. The Labute approximate surface area is 223 Å². The summed E-state index contributed by atoms with van der Waals surface area (Å²) in [5, 5.41) is 5.44. The summed E-state index contributed by atoms with van der Waals surface area (Å²) in [5.74, 6) is 1.52. The molecule has 4 aromatic rings. The van der Waals surface area contributed by atoms with E-state index in [0.29, 0.717) is 37.1 Å². The molecule has 0 saturated carbocycles. The van der Waals surface area contributed by atoms with Gasteiger partial charge in [0.05, 0.1) is 13.1 Å². The number of nitrogens with zero attached hydrogens (tertiary/aromatic N) is 4. The maximum absolute atomic E-state index is 13.1. The Hall–Kier alpha value is -3.61. The normalized spacial score (nSPS) is 14.2. The van der Waals surface area contributed by atoms with Gasteiger partial charge in [-0.3, -0.25) is 19.3 Å². The molecule has 1 amide bonds. The first-order valence-corrected chi connectivity index (χ1v) is 12.9. The fourth-order valence-electron chi connectivity index (χ4n) is 4.62. The Morgan fingerprint density at radius 1 is 0.892 bits per heavy atom. The second kappa shape index (κ2) is 11.2. The predicted octanol–water partition coefficient (Wildman–Crippen LogP) is 5.63.